The molecule has 2 N–H and O–H groups in total. The van der Waals surface area contributed by atoms with Gasteiger partial charge in [-0.3, -0.25) is 9.52 Å². The molecule has 0 unspecified atom stereocenters. The fraction of sp³-hybridized carbons (Fsp3) is 0.0476. The summed E-state index contributed by atoms with van der Waals surface area (Å²) >= 11 is 6.92. The van der Waals surface area contributed by atoms with Gasteiger partial charge in [0.15, 0.2) is 5.13 Å². The summed E-state index contributed by atoms with van der Waals surface area (Å²) in [6.07, 6.45) is 0.0302. The maximum absolute atomic E-state index is 12.5. The van der Waals surface area contributed by atoms with Crippen LogP contribution in [0.1, 0.15) is 5.69 Å². The molecule has 6 nitrogen and oxygen atoms in total. The van der Waals surface area contributed by atoms with E-state index in [9.17, 15) is 13.2 Å². The SMILES string of the molecule is O=C(Cc1csc(NS(=O)(=O)c2ccc(Cl)cc2)n1)Nc1cccc2ccccc12. The van der Waals surface area contributed by atoms with Crippen molar-refractivity contribution in [2.24, 2.45) is 0 Å². The van der Waals surface area contributed by atoms with Crippen LogP contribution in [0.25, 0.3) is 10.8 Å². The van der Waals surface area contributed by atoms with Gasteiger partial charge in [0.05, 0.1) is 17.0 Å². The summed E-state index contributed by atoms with van der Waals surface area (Å²) in [5, 5.41) is 7.17. The number of sulfonamides is 1. The Kier molecular flexibility index (Phi) is 5.72. The van der Waals surface area contributed by atoms with E-state index in [-0.39, 0.29) is 22.4 Å². The highest BCUT2D eigenvalue weighted by Crippen LogP contribution is 2.24. The van der Waals surface area contributed by atoms with Gasteiger partial charge in [0.25, 0.3) is 10.0 Å². The molecule has 30 heavy (non-hydrogen) atoms. The molecule has 3 aromatic carbocycles. The zero-order valence-corrected chi connectivity index (χ0v) is 17.9. The number of amides is 1. The van der Waals surface area contributed by atoms with Gasteiger partial charge < -0.3 is 5.32 Å². The summed E-state index contributed by atoms with van der Waals surface area (Å²) in [6, 6.07) is 19.3. The van der Waals surface area contributed by atoms with Crippen molar-refractivity contribution in [1.82, 2.24) is 4.98 Å². The largest absolute Gasteiger partial charge is 0.325 e. The van der Waals surface area contributed by atoms with Gasteiger partial charge in [0.1, 0.15) is 0 Å². The van der Waals surface area contributed by atoms with Crippen LogP contribution in [0.2, 0.25) is 5.02 Å². The first-order valence-electron chi connectivity index (χ1n) is 8.91. The third-order valence-corrected chi connectivity index (χ3v) is 6.85. The van der Waals surface area contributed by atoms with Crippen molar-refractivity contribution in [3.8, 4) is 0 Å². The van der Waals surface area contributed by atoms with Crippen molar-refractivity contribution in [1.29, 1.82) is 0 Å². The maximum Gasteiger partial charge on any atom is 0.263 e. The van der Waals surface area contributed by atoms with E-state index >= 15 is 0 Å². The van der Waals surface area contributed by atoms with E-state index < -0.39 is 10.0 Å². The molecule has 0 aliphatic rings. The minimum atomic E-state index is -3.78. The van der Waals surface area contributed by atoms with Gasteiger partial charge in [0.2, 0.25) is 5.91 Å². The number of hydrogen-bond donors (Lipinski definition) is 2. The monoisotopic (exact) mass is 457 g/mol. The maximum atomic E-state index is 12.5. The van der Waals surface area contributed by atoms with Crippen LogP contribution in [0.5, 0.6) is 0 Å². The summed E-state index contributed by atoms with van der Waals surface area (Å²) in [5.74, 6) is -0.233. The first-order valence-corrected chi connectivity index (χ1v) is 11.7. The van der Waals surface area contributed by atoms with Gasteiger partial charge >= 0.3 is 0 Å². The summed E-state index contributed by atoms with van der Waals surface area (Å²) in [6.45, 7) is 0. The molecule has 1 amide bonds. The Hall–Kier alpha value is -2.94. The van der Waals surface area contributed by atoms with Gasteiger partial charge in [-0.15, -0.1) is 11.3 Å². The predicted octanol–water partition coefficient (Wildman–Crippen LogP) is 4.93. The van der Waals surface area contributed by atoms with Crippen LogP contribution in [0, 0.1) is 0 Å². The molecule has 0 bridgehead atoms. The number of fused-ring (bicyclic) bond motifs is 1. The first-order chi connectivity index (χ1) is 14.4. The number of anilines is 2. The Morgan fingerprint density at radius 2 is 1.73 bits per heavy atom. The van der Waals surface area contributed by atoms with Crippen LogP contribution in [-0.4, -0.2) is 19.3 Å². The lowest BCUT2D eigenvalue weighted by Gasteiger charge is -2.08. The molecular weight excluding hydrogens is 442 g/mol. The Bertz CT molecular complexity index is 1310. The van der Waals surface area contributed by atoms with Crippen molar-refractivity contribution < 1.29 is 13.2 Å². The Morgan fingerprint density at radius 1 is 1.00 bits per heavy atom. The molecule has 0 atom stereocenters. The van der Waals surface area contributed by atoms with Crippen molar-refractivity contribution in [3.63, 3.8) is 0 Å². The minimum Gasteiger partial charge on any atom is -0.325 e. The van der Waals surface area contributed by atoms with E-state index in [1.54, 1.807) is 5.38 Å². The molecule has 1 heterocycles. The van der Waals surface area contributed by atoms with E-state index in [0.717, 1.165) is 27.8 Å². The lowest BCUT2D eigenvalue weighted by atomic mass is 10.1. The third-order valence-electron chi connectivity index (χ3n) is 4.30. The second kappa shape index (κ2) is 8.43. The van der Waals surface area contributed by atoms with Crippen LogP contribution in [0.4, 0.5) is 10.8 Å². The van der Waals surface area contributed by atoms with Gasteiger partial charge in [0, 0.05) is 21.5 Å². The number of aromatic nitrogens is 1. The number of nitrogens with zero attached hydrogens (tertiary/aromatic N) is 1. The summed E-state index contributed by atoms with van der Waals surface area (Å²) in [7, 11) is -3.78. The Morgan fingerprint density at radius 3 is 2.53 bits per heavy atom. The van der Waals surface area contributed by atoms with Crippen molar-refractivity contribution in [2.45, 2.75) is 11.3 Å². The van der Waals surface area contributed by atoms with E-state index in [1.807, 2.05) is 42.5 Å². The van der Waals surface area contributed by atoms with E-state index in [2.05, 4.69) is 15.0 Å². The third kappa shape index (κ3) is 4.62. The van der Waals surface area contributed by atoms with Gasteiger partial charge in [-0.1, -0.05) is 48.0 Å². The van der Waals surface area contributed by atoms with E-state index in [1.165, 1.54) is 24.3 Å². The molecule has 9 heteroatoms. The highest BCUT2D eigenvalue weighted by atomic mass is 35.5. The van der Waals surface area contributed by atoms with E-state index in [4.69, 9.17) is 11.6 Å². The summed E-state index contributed by atoms with van der Waals surface area (Å²) < 4.78 is 27.3. The van der Waals surface area contributed by atoms with E-state index in [0.29, 0.717) is 10.7 Å². The highest BCUT2D eigenvalue weighted by molar-refractivity contribution is 7.93. The molecule has 0 saturated heterocycles. The zero-order valence-electron chi connectivity index (χ0n) is 15.5. The molecule has 0 radical (unpaired) electrons. The van der Waals surface area contributed by atoms with Crippen LogP contribution in [0.3, 0.4) is 0 Å². The minimum absolute atomic E-state index is 0.0302. The lowest BCUT2D eigenvalue weighted by Crippen LogP contribution is -2.15. The second-order valence-corrected chi connectivity index (χ2v) is 9.43. The molecule has 0 saturated carbocycles. The molecule has 0 fully saturated rings. The summed E-state index contributed by atoms with van der Waals surface area (Å²) in [5.41, 5.74) is 1.20. The average Bonchev–Trinajstić information content (AvgIpc) is 3.14. The molecule has 4 aromatic rings. The lowest BCUT2D eigenvalue weighted by molar-refractivity contribution is -0.115. The molecule has 0 aliphatic carbocycles. The van der Waals surface area contributed by atoms with Crippen LogP contribution >= 0.6 is 22.9 Å². The molecule has 4 rings (SSSR count). The van der Waals surface area contributed by atoms with Crippen LogP contribution < -0.4 is 10.0 Å². The fourth-order valence-electron chi connectivity index (χ4n) is 2.92. The molecule has 0 aliphatic heterocycles. The average molecular weight is 458 g/mol. The number of benzene rings is 3. The number of rotatable bonds is 6. The fourth-order valence-corrected chi connectivity index (χ4v) is 5.00. The van der Waals surface area contributed by atoms with Gasteiger partial charge in [-0.05, 0) is 35.7 Å². The molecule has 152 valence electrons. The molecular formula is C21H16ClN3O3S2. The van der Waals surface area contributed by atoms with Crippen LogP contribution in [-0.2, 0) is 21.2 Å². The Balaban J connectivity index is 1.44. The summed E-state index contributed by atoms with van der Waals surface area (Å²) in [4.78, 5) is 16.8. The molecule has 0 spiro atoms. The quantitative estimate of drug-likeness (QED) is 0.429. The van der Waals surface area contributed by atoms with Crippen molar-refractivity contribution >= 4 is 60.5 Å². The topological polar surface area (TPSA) is 88.2 Å². The number of carbonyl (C=O) groups is 1. The smallest absolute Gasteiger partial charge is 0.263 e. The second-order valence-electron chi connectivity index (χ2n) is 6.46. The normalized spacial score (nSPS) is 11.4. The zero-order chi connectivity index (χ0) is 21.1. The van der Waals surface area contributed by atoms with Gasteiger partial charge in [-0.2, -0.15) is 0 Å². The number of nitrogens with one attached hydrogen (secondary N) is 2. The number of carbonyl (C=O) groups excluding carboxylic acids is 1. The number of halogens is 1. The van der Waals surface area contributed by atoms with Gasteiger partial charge in [-0.25, -0.2) is 13.4 Å². The standard InChI is InChI=1S/C21H16ClN3O3S2/c22-15-8-10-17(11-9-15)30(27,28)25-21-23-16(13-29-21)12-20(26)24-19-7-3-5-14-4-1-2-6-18(14)19/h1-11,13H,12H2,(H,23,25)(H,24,26). The first kappa shape index (κ1) is 20.3. The van der Waals surface area contributed by atoms with Crippen molar-refractivity contribution in [3.05, 3.63) is 82.8 Å². The highest BCUT2D eigenvalue weighted by Gasteiger charge is 2.17. The Labute approximate surface area is 182 Å². The number of thiazole rings is 1. The van der Waals surface area contributed by atoms with Crippen molar-refractivity contribution in [2.75, 3.05) is 10.0 Å². The molecule has 1 aromatic heterocycles. The predicted molar refractivity (Wildman–Crippen MR) is 121 cm³/mol. The van der Waals surface area contributed by atoms with Crippen LogP contribution in [0.15, 0.2) is 77.0 Å². The number of hydrogen-bond acceptors (Lipinski definition) is 5.